The van der Waals surface area contributed by atoms with Gasteiger partial charge in [0.2, 0.25) is 5.91 Å². The summed E-state index contributed by atoms with van der Waals surface area (Å²) in [7, 11) is 0. The number of rotatable bonds is 5. The van der Waals surface area contributed by atoms with Crippen LogP contribution in [0, 0.1) is 5.92 Å². The molecule has 1 aromatic rings. The van der Waals surface area contributed by atoms with Crippen molar-refractivity contribution in [2.45, 2.75) is 19.8 Å². The predicted molar refractivity (Wildman–Crippen MR) is 94.4 cm³/mol. The van der Waals surface area contributed by atoms with Gasteiger partial charge in [0.1, 0.15) is 0 Å². The molecule has 1 heterocycles. The molecule has 1 atom stereocenters. The first-order chi connectivity index (χ1) is 11.0. The number of nitrogens with zero attached hydrogens (tertiary/aromatic N) is 1. The predicted octanol–water partition coefficient (Wildman–Crippen LogP) is 1.24. The lowest BCUT2D eigenvalue weighted by atomic mass is 9.96. The van der Waals surface area contributed by atoms with Gasteiger partial charge in [-0.3, -0.25) is 14.4 Å². The van der Waals surface area contributed by atoms with Crippen molar-refractivity contribution in [1.29, 1.82) is 0 Å². The van der Waals surface area contributed by atoms with Crippen LogP contribution < -0.4 is 11.1 Å². The number of carbonyl (C=O) groups excluding carboxylic acids is 3. The third-order valence-corrected chi connectivity index (χ3v) is 4.06. The Hall–Kier alpha value is -1.92. The quantitative estimate of drug-likeness (QED) is 0.779. The number of piperidine rings is 1. The Bertz CT molecular complexity index is 589. The molecule has 0 spiro atoms. The summed E-state index contributed by atoms with van der Waals surface area (Å²) in [5, 5.41) is 2.78. The van der Waals surface area contributed by atoms with Gasteiger partial charge in [-0.2, -0.15) is 0 Å². The van der Waals surface area contributed by atoms with Gasteiger partial charge in [0.25, 0.3) is 5.91 Å². The van der Waals surface area contributed by atoms with Crippen LogP contribution in [0.5, 0.6) is 0 Å². The molecule has 0 saturated carbocycles. The molecular formula is C17H24ClN3O3. The summed E-state index contributed by atoms with van der Waals surface area (Å²) in [5.41, 5.74) is 6.51. The van der Waals surface area contributed by atoms with Crippen molar-refractivity contribution in [3.8, 4) is 0 Å². The van der Waals surface area contributed by atoms with Gasteiger partial charge in [-0.1, -0.05) is 12.1 Å². The summed E-state index contributed by atoms with van der Waals surface area (Å²) in [5.74, 6) is -0.356. The Kier molecular flexibility index (Phi) is 7.88. The molecule has 1 aliphatic heterocycles. The van der Waals surface area contributed by atoms with E-state index >= 15 is 0 Å². The normalized spacial score (nSPS) is 16.9. The van der Waals surface area contributed by atoms with Crippen LogP contribution in [0.2, 0.25) is 0 Å². The maximum Gasteiger partial charge on any atom is 0.253 e. The Balaban J connectivity index is 0.00000288. The third kappa shape index (κ3) is 5.04. The van der Waals surface area contributed by atoms with Crippen LogP contribution in [-0.2, 0) is 4.79 Å². The molecule has 2 rings (SSSR count). The molecule has 0 aromatic heterocycles. The standard InChI is InChI=1S/C17H23N3O3.ClH/c1-12(21)13-4-6-14(7-5-13)17(23)20-10-2-3-15(11-20)16(22)19-9-8-18;/h4-7,15H,2-3,8-11,18H2,1H3,(H,19,22);1H. The van der Waals surface area contributed by atoms with Gasteiger partial charge in [-0.15, -0.1) is 12.4 Å². The highest BCUT2D eigenvalue weighted by atomic mass is 35.5. The Morgan fingerprint density at radius 3 is 2.42 bits per heavy atom. The molecule has 1 aliphatic rings. The second kappa shape index (κ2) is 9.39. The number of Topliss-reactive ketones (excluding diaryl/α,β-unsaturated/α-hetero) is 1. The second-order valence-electron chi connectivity index (χ2n) is 5.80. The first-order valence-electron chi connectivity index (χ1n) is 7.91. The lowest BCUT2D eigenvalue weighted by molar-refractivity contribution is -0.126. The Morgan fingerprint density at radius 2 is 1.83 bits per heavy atom. The number of likely N-dealkylation sites (tertiary alicyclic amines) is 1. The maximum atomic E-state index is 12.6. The molecule has 2 amide bonds. The largest absolute Gasteiger partial charge is 0.355 e. The lowest BCUT2D eigenvalue weighted by Gasteiger charge is -2.32. The summed E-state index contributed by atoms with van der Waals surface area (Å²) in [6, 6.07) is 6.64. The molecule has 132 valence electrons. The zero-order valence-electron chi connectivity index (χ0n) is 13.8. The fourth-order valence-corrected chi connectivity index (χ4v) is 2.75. The van der Waals surface area contributed by atoms with Gasteiger partial charge >= 0.3 is 0 Å². The highest BCUT2D eigenvalue weighted by Gasteiger charge is 2.28. The molecule has 1 saturated heterocycles. The fourth-order valence-electron chi connectivity index (χ4n) is 2.75. The molecule has 0 aliphatic carbocycles. The number of carbonyl (C=O) groups is 3. The van der Waals surface area contributed by atoms with Crippen LogP contribution in [0.3, 0.4) is 0 Å². The Morgan fingerprint density at radius 1 is 1.21 bits per heavy atom. The van der Waals surface area contributed by atoms with Gasteiger partial charge < -0.3 is 16.0 Å². The van der Waals surface area contributed by atoms with Gasteiger partial charge in [0.15, 0.2) is 5.78 Å². The zero-order valence-corrected chi connectivity index (χ0v) is 14.6. The van der Waals surface area contributed by atoms with E-state index in [4.69, 9.17) is 5.73 Å². The number of nitrogens with two attached hydrogens (primary N) is 1. The van der Waals surface area contributed by atoms with Crippen LogP contribution >= 0.6 is 12.4 Å². The van der Waals surface area contributed by atoms with Crippen molar-refractivity contribution < 1.29 is 14.4 Å². The number of benzene rings is 1. The minimum Gasteiger partial charge on any atom is -0.355 e. The van der Waals surface area contributed by atoms with Crippen LogP contribution in [0.4, 0.5) is 0 Å². The summed E-state index contributed by atoms with van der Waals surface area (Å²) < 4.78 is 0. The van der Waals surface area contributed by atoms with Gasteiger partial charge in [0, 0.05) is 37.3 Å². The third-order valence-electron chi connectivity index (χ3n) is 4.06. The number of hydrogen-bond acceptors (Lipinski definition) is 4. The first-order valence-corrected chi connectivity index (χ1v) is 7.91. The van der Waals surface area contributed by atoms with Gasteiger partial charge in [-0.25, -0.2) is 0 Å². The molecule has 0 radical (unpaired) electrons. The van der Waals surface area contributed by atoms with E-state index < -0.39 is 0 Å². The van der Waals surface area contributed by atoms with Crippen molar-refractivity contribution in [2.24, 2.45) is 11.7 Å². The number of halogens is 1. The zero-order chi connectivity index (χ0) is 16.8. The van der Waals surface area contributed by atoms with E-state index in [-0.39, 0.29) is 35.9 Å². The summed E-state index contributed by atoms with van der Waals surface area (Å²) in [6.45, 7) is 3.42. The van der Waals surface area contributed by atoms with Crippen LogP contribution in [0.25, 0.3) is 0 Å². The lowest BCUT2D eigenvalue weighted by Crippen LogP contribution is -2.46. The van der Waals surface area contributed by atoms with Crippen LogP contribution in [0.15, 0.2) is 24.3 Å². The van der Waals surface area contributed by atoms with Crippen molar-refractivity contribution in [3.63, 3.8) is 0 Å². The van der Waals surface area contributed by atoms with E-state index in [1.807, 2.05) is 0 Å². The fraction of sp³-hybridized carbons (Fsp3) is 0.471. The molecule has 7 heteroatoms. The van der Waals surface area contributed by atoms with Crippen LogP contribution in [0.1, 0.15) is 40.5 Å². The molecular weight excluding hydrogens is 330 g/mol. The smallest absolute Gasteiger partial charge is 0.253 e. The van der Waals surface area contributed by atoms with E-state index in [0.29, 0.717) is 37.3 Å². The van der Waals surface area contributed by atoms with Crippen molar-refractivity contribution in [3.05, 3.63) is 35.4 Å². The number of amides is 2. The first kappa shape index (κ1) is 20.1. The molecule has 0 bridgehead atoms. The minimum absolute atomic E-state index is 0. The molecule has 3 N–H and O–H groups in total. The van der Waals surface area contributed by atoms with Crippen molar-refractivity contribution in [1.82, 2.24) is 10.2 Å². The minimum atomic E-state index is -0.184. The molecule has 24 heavy (non-hydrogen) atoms. The monoisotopic (exact) mass is 353 g/mol. The van der Waals surface area contributed by atoms with E-state index in [9.17, 15) is 14.4 Å². The summed E-state index contributed by atoms with van der Waals surface area (Å²) in [6.07, 6.45) is 1.58. The van der Waals surface area contributed by atoms with Crippen molar-refractivity contribution >= 4 is 30.0 Å². The Labute approximate surface area is 148 Å². The molecule has 1 fully saturated rings. The van der Waals surface area contributed by atoms with Crippen molar-refractivity contribution in [2.75, 3.05) is 26.2 Å². The highest BCUT2D eigenvalue weighted by molar-refractivity contribution is 5.98. The SMILES string of the molecule is CC(=O)c1ccc(C(=O)N2CCCC(C(=O)NCCN)C2)cc1.Cl. The average Bonchev–Trinajstić information content (AvgIpc) is 2.59. The van der Waals surface area contributed by atoms with E-state index in [0.717, 1.165) is 12.8 Å². The number of nitrogens with one attached hydrogen (secondary N) is 1. The molecule has 1 aromatic carbocycles. The summed E-state index contributed by atoms with van der Waals surface area (Å²) >= 11 is 0. The number of ketones is 1. The molecule has 6 nitrogen and oxygen atoms in total. The van der Waals surface area contributed by atoms with Crippen LogP contribution in [-0.4, -0.2) is 48.7 Å². The average molecular weight is 354 g/mol. The van der Waals surface area contributed by atoms with Gasteiger partial charge in [-0.05, 0) is 31.9 Å². The highest BCUT2D eigenvalue weighted by Crippen LogP contribution is 2.19. The molecule has 1 unspecified atom stereocenters. The summed E-state index contributed by atoms with van der Waals surface area (Å²) in [4.78, 5) is 37.6. The van der Waals surface area contributed by atoms with E-state index in [1.165, 1.54) is 6.92 Å². The van der Waals surface area contributed by atoms with Gasteiger partial charge in [0.05, 0.1) is 5.92 Å². The number of hydrogen-bond donors (Lipinski definition) is 2. The van der Waals surface area contributed by atoms with E-state index in [2.05, 4.69) is 5.32 Å². The second-order valence-corrected chi connectivity index (χ2v) is 5.80. The maximum absolute atomic E-state index is 12.6. The topological polar surface area (TPSA) is 92.5 Å². The van der Waals surface area contributed by atoms with E-state index in [1.54, 1.807) is 29.2 Å².